The second-order valence-electron chi connectivity index (χ2n) is 4.41. The van der Waals surface area contributed by atoms with Gasteiger partial charge in [0.05, 0.1) is 0 Å². The van der Waals surface area contributed by atoms with Crippen LogP contribution in [-0.2, 0) is 0 Å². The molecule has 2 N–H and O–H groups in total. The summed E-state index contributed by atoms with van der Waals surface area (Å²) in [6.07, 6.45) is 4.07. The van der Waals surface area contributed by atoms with Crippen LogP contribution in [0.2, 0.25) is 0 Å². The van der Waals surface area contributed by atoms with Gasteiger partial charge in [0.2, 0.25) is 0 Å². The molecule has 0 saturated heterocycles. The van der Waals surface area contributed by atoms with E-state index in [4.69, 9.17) is 0 Å². The van der Waals surface area contributed by atoms with Crippen LogP contribution in [0.25, 0.3) is 0 Å². The molecule has 1 heterocycles. The molecular formula is C11H18N4. The minimum atomic E-state index is 0.266. The van der Waals surface area contributed by atoms with Gasteiger partial charge in [-0.15, -0.1) is 0 Å². The lowest BCUT2D eigenvalue weighted by molar-refractivity contribution is 0.816. The molecule has 15 heavy (non-hydrogen) atoms. The fraction of sp³-hybridized carbons (Fsp3) is 0.636. The van der Waals surface area contributed by atoms with Gasteiger partial charge in [-0.2, -0.15) is 0 Å². The topological polar surface area (TPSA) is 49.8 Å². The Morgan fingerprint density at radius 3 is 2.60 bits per heavy atom. The lowest BCUT2D eigenvalue weighted by atomic mass is 10.2. The van der Waals surface area contributed by atoms with E-state index in [2.05, 4.69) is 34.4 Å². The van der Waals surface area contributed by atoms with E-state index < -0.39 is 0 Å². The summed E-state index contributed by atoms with van der Waals surface area (Å²) >= 11 is 0. The van der Waals surface area contributed by atoms with Gasteiger partial charge in [0.15, 0.2) is 0 Å². The Morgan fingerprint density at radius 2 is 2.00 bits per heavy atom. The molecule has 0 bridgehead atoms. The lowest BCUT2D eigenvalue weighted by Crippen LogP contribution is -2.18. The molecule has 82 valence electrons. The van der Waals surface area contributed by atoms with E-state index >= 15 is 0 Å². The van der Waals surface area contributed by atoms with Crippen LogP contribution in [0.3, 0.4) is 0 Å². The Bertz CT molecular complexity index is 358. The molecule has 2 rings (SSSR count). The molecule has 1 aliphatic rings. The largest absolute Gasteiger partial charge is 0.370 e. The third kappa shape index (κ3) is 2.19. The Kier molecular flexibility index (Phi) is 2.50. The van der Waals surface area contributed by atoms with Gasteiger partial charge in [-0.25, -0.2) is 9.97 Å². The highest BCUT2D eigenvalue weighted by Gasteiger charge is 2.37. The average molecular weight is 206 g/mol. The molecule has 1 saturated carbocycles. The van der Waals surface area contributed by atoms with E-state index in [1.807, 2.05) is 6.92 Å². The van der Waals surface area contributed by atoms with Gasteiger partial charge in [0.25, 0.3) is 0 Å². The summed E-state index contributed by atoms with van der Waals surface area (Å²) in [4.78, 5) is 8.50. The van der Waals surface area contributed by atoms with Crippen LogP contribution < -0.4 is 10.6 Å². The van der Waals surface area contributed by atoms with Crippen LogP contribution in [0.4, 0.5) is 11.6 Å². The average Bonchev–Trinajstić information content (AvgIpc) is 2.91. The molecule has 0 spiro atoms. The summed E-state index contributed by atoms with van der Waals surface area (Å²) < 4.78 is 0. The molecule has 0 aromatic carbocycles. The first-order valence-corrected chi connectivity index (χ1v) is 5.48. The lowest BCUT2D eigenvalue weighted by Gasteiger charge is -2.15. The first-order chi connectivity index (χ1) is 7.14. The van der Waals surface area contributed by atoms with Gasteiger partial charge in [0, 0.05) is 17.6 Å². The first-order valence-electron chi connectivity index (χ1n) is 5.48. The van der Waals surface area contributed by atoms with Crippen LogP contribution >= 0.6 is 0 Å². The van der Waals surface area contributed by atoms with E-state index in [1.54, 1.807) is 6.33 Å². The van der Waals surface area contributed by atoms with Crippen molar-refractivity contribution in [2.24, 2.45) is 0 Å². The van der Waals surface area contributed by atoms with Crippen molar-refractivity contribution in [3.8, 4) is 0 Å². The smallest absolute Gasteiger partial charge is 0.134 e. The molecule has 4 nitrogen and oxygen atoms in total. The third-order valence-corrected chi connectivity index (χ3v) is 2.85. The Labute approximate surface area is 90.5 Å². The SMILES string of the molecule is CCNc1ncnc(NC2(C)CC2)c1C. The number of anilines is 2. The maximum Gasteiger partial charge on any atom is 0.134 e. The Balaban J connectivity index is 2.19. The molecule has 0 unspecified atom stereocenters. The summed E-state index contributed by atoms with van der Waals surface area (Å²) in [5, 5.41) is 6.70. The van der Waals surface area contributed by atoms with Crippen molar-refractivity contribution in [2.75, 3.05) is 17.2 Å². The van der Waals surface area contributed by atoms with Gasteiger partial charge < -0.3 is 10.6 Å². The van der Waals surface area contributed by atoms with E-state index in [-0.39, 0.29) is 5.54 Å². The Hall–Kier alpha value is -1.32. The summed E-state index contributed by atoms with van der Waals surface area (Å²) in [6, 6.07) is 0. The molecule has 0 atom stereocenters. The zero-order valence-electron chi connectivity index (χ0n) is 9.59. The van der Waals surface area contributed by atoms with Gasteiger partial charge in [0.1, 0.15) is 18.0 Å². The number of hydrogen-bond acceptors (Lipinski definition) is 4. The van der Waals surface area contributed by atoms with Crippen molar-refractivity contribution in [1.29, 1.82) is 0 Å². The van der Waals surface area contributed by atoms with Crippen molar-refractivity contribution in [1.82, 2.24) is 9.97 Å². The maximum atomic E-state index is 4.28. The van der Waals surface area contributed by atoms with Crippen molar-refractivity contribution >= 4 is 11.6 Å². The molecule has 4 heteroatoms. The molecular weight excluding hydrogens is 188 g/mol. The third-order valence-electron chi connectivity index (χ3n) is 2.85. The molecule has 1 fully saturated rings. The fourth-order valence-corrected chi connectivity index (χ4v) is 1.52. The second-order valence-corrected chi connectivity index (χ2v) is 4.41. The predicted molar refractivity (Wildman–Crippen MR) is 62.2 cm³/mol. The van der Waals surface area contributed by atoms with Gasteiger partial charge >= 0.3 is 0 Å². The highest BCUT2D eigenvalue weighted by Crippen LogP contribution is 2.38. The van der Waals surface area contributed by atoms with Crippen LogP contribution in [0.5, 0.6) is 0 Å². The van der Waals surface area contributed by atoms with Crippen molar-refractivity contribution in [3.05, 3.63) is 11.9 Å². The van der Waals surface area contributed by atoms with Crippen LogP contribution in [-0.4, -0.2) is 22.1 Å². The minimum Gasteiger partial charge on any atom is -0.370 e. The van der Waals surface area contributed by atoms with E-state index in [0.29, 0.717) is 0 Å². The maximum absolute atomic E-state index is 4.28. The minimum absolute atomic E-state index is 0.266. The van der Waals surface area contributed by atoms with Crippen LogP contribution in [0, 0.1) is 6.92 Å². The molecule has 0 amide bonds. The van der Waals surface area contributed by atoms with Crippen LogP contribution in [0.15, 0.2) is 6.33 Å². The van der Waals surface area contributed by atoms with Crippen LogP contribution in [0.1, 0.15) is 32.3 Å². The number of aromatic nitrogens is 2. The molecule has 0 aliphatic heterocycles. The van der Waals surface area contributed by atoms with Gasteiger partial charge in [-0.3, -0.25) is 0 Å². The molecule has 0 radical (unpaired) electrons. The summed E-state index contributed by atoms with van der Waals surface area (Å²) in [7, 11) is 0. The zero-order chi connectivity index (χ0) is 10.9. The number of nitrogens with zero attached hydrogens (tertiary/aromatic N) is 2. The summed E-state index contributed by atoms with van der Waals surface area (Å²) in [5.41, 5.74) is 1.37. The molecule has 1 aliphatic carbocycles. The number of hydrogen-bond donors (Lipinski definition) is 2. The summed E-state index contributed by atoms with van der Waals surface area (Å²) in [6.45, 7) is 7.22. The first kappa shape index (κ1) is 10.2. The molecule has 1 aromatic heterocycles. The fourth-order valence-electron chi connectivity index (χ4n) is 1.52. The molecule has 1 aromatic rings. The van der Waals surface area contributed by atoms with Crippen molar-refractivity contribution < 1.29 is 0 Å². The number of nitrogens with one attached hydrogen (secondary N) is 2. The van der Waals surface area contributed by atoms with E-state index in [0.717, 1.165) is 23.7 Å². The highest BCUT2D eigenvalue weighted by atomic mass is 15.1. The monoisotopic (exact) mass is 206 g/mol. The van der Waals surface area contributed by atoms with E-state index in [9.17, 15) is 0 Å². The van der Waals surface area contributed by atoms with Crippen molar-refractivity contribution in [2.45, 2.75) is 39.2 Å². The summed E-state index contributed by atoms with van der Waals surface area (Å²) in [5.74, 6) is 1.89. The predicted octanol–water partition coefficient (Wildman–Crippen LogP) is 2.18. The van der Waals surface area contributed by atoms with E-state index in [1.165, 1.54) is 12.8 Å². The number of rotatable bonds is 4. The Morgan fingerprint density at radius 1 is 1.33 bits per heavy atom. The quantitative estimate of drug-likeness (QED) is 0.792. The standard InChI is InChI=1S/C11H18N4/c1-4-12-9-8(2)10(14-7-13-9)15-11(3)5-6-11/h7H,4-6H2,1-3H3,(H2,12,13,14,15). The van der Waals surface area contributed by atoms with Gasteiger partial charge in [-0.05, 0) is 33.6 Å². The highest BCUT2D eigenvalue weighted by molar-refractivity contribution is 5.57. The van der Waals surface area contributed by atoms with Gasteiger partial charge in [-0.1, -0.05) is 0 Å². The van der Waals surface area contributed by atoms with Crippen molar-refractivity contribution in [3.63, 3.8) is 0 Å². The zero-order valence-corrected chi connectivity index (χ0v) is 9.59. The normalized spacial score (nSPS) is 17.3. The second kappa shape index (κ2) is 3.68.